The van der Waals surface area contributed by atoms with Crippen molar-refractivity contribution >= 4 is 89.2 Å². The molecule has 1 aromatic heterocycles. The Balaban J connectivity index is 1.54. The number of halogens is 3. The van der Waals surface area contributed by atoms with Gasteiger partial charge in [-0.05, 0) is 75.9 Å². The average molecular weight is 732 g/mol. The van der Waals surface area contributed by atoms with Gasteiger partial charge >= 0.3 is 5.97 Å². The van der Waals surface area contributed by atoms with Crippen LogP contribution in [0.2, 0.25) is 0 Å². The summed E-state index contributed by atoms with van der Waals surface area (Å²) in [6.07, 6.45) is 2.91. The van der Waals surface area contributed by atoms with Gasteiger partial charge in [0.2, 0.25) is 0 Å². The molecule has 39 heavy (non-hydrogen) atoms. The summed E-state index contributed by atoms with van der Waals surface area (Å²) in [5.74, 6) is -1.42. The largest absolute Gasteiger partial charge is 0.421 e. The Hall–Kier alpha value is -3.38. The highest BCUT2D eigenvalue weighted by molar-refractivity contribution is 9.11. The SMILES string of the molecule is O=C(N/N=C/c1cc(Br)cc(Br)c1OC(=O)c1cccc(Br)c1)/C(=C\c1cccs1)NC(=O)c1ccccc1. The maximum atomic E-state index is 13.0. The second-order valence-electron chi connectivity index (χ2n) is 7.80. The van der Waals surface area contributed by atoms with E-state index in [-0.39, 0.29) is 11.4 Å². The van der Waals surface area contributed by atoms with Gasteiger partial charge in [0.1, 0.15) is 5.70 Å². The van der Waals surface area contributed by atoms with Gasteiger partial charge in [0, 0.05) is 24.9 Å². The third-order valence-electron chi connectivity index (χ3n) is 5.02. The van der Waals surface area contributed by atoms with Crippen molar-refractivity contribution in [1.29, 1.82) is 0 Å². The summed E-state index contributed by atoms with van der Waals surface area (Å²) in [5, 5.41) is 8.57. The van der Waals surface area contributed by atoms with Crippen LogP contribution in [-0.2, 0) is 4.79 Å². The molecule has 7 nitrogen and oxygen atoms in total. The number of thiophene rings is 1. The minimum atomic E-state index is -0.634. The Bertz CT molecular complexity index is 1570. The number of hydrogen-bond donors (Lipinski definition) is 2. The van der Waals surface area contributed by atoms with E-state index in [4.69, 9.17) is 4.74 Å². The Kier molecular flexibility index (Phi) is 9.99. The second kappa shape index (κ2) is 13.6. The number of ether oxygens (including phenoxy) is 1. The first-order valence-electron chi connectivity index (χ1n) is 11.2. The highest BCUT2D eigenvalue weighted by Gasteiger charge is 2.17. The van der Waals surface area contributed by atoms with Crippen molar-refractivity contribution in [2.24, 2.45) is 5.10 Å². The summed E-state index contributed by atoms with van der Waals surface area (Å²) in [4.78, 5) is 39.3. The lowest BCUT2D eigenvalue weighted by atomic mass is 10.2. The van der Waals surface area contributed by atoms with E-state index in [2.05, 4.69) is 63.6 Å². The molecule has 0 unspecified atom stereocenters. The number of hydrazone groups is 1. The molecule has 0 fully saturated rings. The first-order chi connectivity index (χ1) is 18.8. The zero-order chi connectivity index (χ0) is 27.8. The quantitative estimate of drug-likeness (QED) is 0.0660. The van der Waals surface area contributed by atoms with Crippen LogP contribution in [-0.4, -0.2) is 24.0 Å². The predicted molar refractivity (Wildman–Crippen MR) is 163 cm³/mol. The van der Waals surface area contributed by atoms with Gasteiger partial charge in [-0.25, -0.2) is 10.2 Å². The highest BCUT2D eigenvalue weighted by Crippen LogP contribution is 2.33. The first-order valence-corrected chi connectivity index (χ1v) is 14.5. The molecule has 0 spiro atoms. The molecule has 0 aliphatic rings. The van der Waals surface area contributed by atoms with E-state index in [1.165, 1.54) is 17.6 Å². The minimum absolute atomic E-state index is 0.0141. The Morgan fingerprint density at radius 3 is 2.33 bits per heavy atom. The monoisotopic (exact) mass is 729 g/mol. The van der Waals surface area contributed by atoms with Crippen molar-refractivity contribution in [1.82, 2.24) is 10.7 Å². The summed E-state index contributed by atoms with van der Waals surface area (Å²) < 4.78 is 7.58. The molecule has 0 atom stereocenters. The Morgan fingerprint density at radius 1 is 0.846 bits per heavy atom. The number of nitrogens with zero attached hydrogens (tertiary/aromatic N) is 1. The maximum Gasteiger partial charge on any atom is 0.343 e. The molecule has 196 valence electrons. The smallest absolute Gasteiger partial charge is 0.343 e. The number of carbonyl (C=O) groups excluding carboxylic acids is 3. The Morgan fingerprint density at radius 2 is 1.62 bits per heavy atom. The summed E-state index contributed by atoms with van der Waals surface area (Å²) in [6, 6.07) is 22.4. The average Bonchev–Trinajstić information content (AvgIpc) is 3.43. The van der Waals surface area contributed by atoms with Gasteiger partial charge in [0.15, 0.2) is 5.75 Å². The van der Waals surface area contributed by atoms with Gasteiger partial charge in [-0.2, -0.15) is 5.10 Å². The van der Waals surface area contributed by atoms with Gasteiger partial charge < -0.3 is 10.1 Å². The van der Waals surface area contributed by atoms with Crippen molar-refractivity contribution in [3.8, 4) is 5.75 Å². The van der Waals surface area contributed by atoms with Crippen LogP contribution in [0.15, 0.2) is 108 Å². The van der Waals surface area contributed by atoms with Crippen LogP contribution >= 0.6 is 59.1 Å². The van der Waals surface area contributed by atoms with E-state index in [1.807, 2.05) is 17.5 Å². The number of hydrogen-bond acceptors (Lipinski definition) is 6. The molecule has 0 saturated heterocycles. The van der Waals surface area contributed by atoms with E-state index in [9.17, 15) is 14.4 Å². The molecule has 2 amide bonds. The van der Waals surface area contributed by atoms with Crippen LogP contribution in [0, 0.1) is 0 Å². The molecule has 0 saturated carbocycles. The van der Waals surface area contributed by atoms with Gasteiger partial charge in [-0.1, -0.05) is 62.2 Å². The first kappa shape index (κ1) is 28.6. The maximum absolute atomic E-state index is 13.0. The van der Waals surface area contributed by atoms with E-state index in [0.29, 0.717) is 25.6 Å². The van der Waals surface area contributed by atoms with E-state index in [1.54, 1.807) is 72.8 Å². The molecule has 11 heteroatoms. The number of nitrogens with one attached hydrogen (secondary N) is 2. The third kappa shape index (κ3) is 8.06. The normalized spacial score (nSPS) is 11.3. The molecular weight excluding hydrogens is 714 g/mol. The number of rotatable bonds is 8. The summed E-state index contributed by atoms with van der Waals surface area (Å²) in [5.41, 5.74) is 3.62. The second-order valence-corrected chi connectivity index (χ2v) is 11.5. The van der Waals surface area contributed by atoms with Crippen LogP contribution in [0.25, 0.3) is 6.08 Å². The molecule has 0 bridgehead atoms. The molecule has 0 radical (unpaired) electrons. The fraction of sp³-hybridized carbons (Fsp3) is 0. The van der Waals surface area contributed by atoms with E-state index < -0.39 is 17.8 Å². The topological polar surface area (TPSA) is 96.9 Å². The molecule has 4 rings (SSSR count). The molecule has 0 aliphatic carbocycles. The number of carbonyl (C=O) groups is 3. The van der Waals surface area contributed by atoms with Crippen molar-refractivity contribution in [2.75, 3.05) is 0 Å². The van der Waals surface area contributed by atoms with Crippen LogP contribution in [0.1, 0.15) is 31.2 Å². The fourth-order valence-corrected chi connectivity index (χ4v) is 5.63. The molecule has 0 aliphatic heterocycles. The van der Waals surface area contributed by atoms with Gasteiger partial charge in [-0.3, -0.25) is 9.59 Å². The highest BCUT2D eigenvalue weighted by atomic mass is 79.9. The van der Waals surface area contributed by atoms with Crippen LogP contribution in [0.3, 0.4) is 0 Å². The molecule has 2 N–H and O–H groups in total. The number of amides is 2. The van der Waals surface area contributed by atoms with Crippen LogP contribution < -0.4 is 15.5 Å². The summed E-state index contributed by atoms with van der Waals surface area (Å²) >= 11 is 11.6. The van der Waals surface area contributed by atoms with Crippen molar-refractivity contribution in [2.45, 2.75) is 0 Å². The zero-order valence-corrected chi connectivity index (χ0v) is 25.4. The van der Waals surface area contributed by atoms with Crippen molar-refractivity contribution in [3.63, 3.8) is 0 Å². The van der Waals surface area contributed by atoms with Gasteiger partial charge in [0.25, 0.3) is 11.8 Å². The molecular formula is C28H18Br3N3O4S. The minimum Gasteiger partial charge on any atom is -0.421 e. The van der Waals surface area contributed by atoms with Gasteiger partial charge in [-0.15, -0.1) is 11.3 Å². The lowest BCUT2D eigenvalue weighted by Crippen LogP contribution is -2.32. The Labute approximate surface area is 253 Å². The summed E-state index contributed by atoms with van der Waals surface area (Å²) in [7, 11) is 0. The standard InChI is InChI=1S/C28H18Br3N3O4S/c29-20-9-4-8-18(12-20)28(37)38-25-19(13-21(30)14-23(25)31)16-32-34-27(36)24(15-22-10-5-11-39-22)33-26(35)17-6-2-1-3-7-17/h1-16H,(H,33,35)(H,34,36)/b24-15+,32-16+. The number of benzene rings is 3. The summed E-state index contributed by atoms with van der Waals surface area (Å²) in [6.45, 7) is 0. The fourth-order valence-electron chi connectivity index (χ4n) is 3.23. The van der Waals surface area contributed by atoms with Crippen LogP contribution in [0.4, 0.5) is 0 Å². The predicted octanol–water partition coefficient (Wildman–Crippen LogP) is 7.18. The van der Waals surface area contributed by atoms with Gasteiger partial charge in [0.05, 0.1) is 16.3 Å². The van der Waals surface area contributed by atoms with E-state index >= 15 is 0 Å². The number of esters is 1. The molecule has 4 aromatic rings. The van der Waals surface area contributed by atoms with Crippen molar-refractivity contribution in [3.05, 3.63) is 125 Å². The van der Waals surface area contributed by atoms with Crippen molar-refractivity contribution < 1.29 is 19.1 Å². The third-order valence-corrected chi connectivity index (χ3v) is 7.38. The van der Waals surface area contributed by atoms with Crippen LogP contribution in [0.5, 0.6) is 5.75 Å². The zero-order valence-electron chi connectivity index (χ0n) is 19.9. The lowest BCUT2D eigenvalue weighted by Gasteiger charge is -2.11. The molecule has 3 aromatic carbocycles. The van der Waals surface area contributed by atoms with E-state index in [0.717, 1.165) is 9.35 Å². The molecule has 1 heterocycles. The lowest BCUT2D eigenvalue weighted by molar-refractivity contribution is -0.117.